The van der Waals surface area contributed by atoms with Gasteiger partial charge >= 0.3 is 0 Å². The van der Waals surface area contributed by atoms with Gasteiger partial charge in [0.25, 0.3) is 0 Å². The summed E-state index contributed by atoms with van der Waals surface area (Å²) in [6.45, 7) is 4.24. The molecule has 0 aliphatic carbocycles. The summed E-state index contributed by atoms with van der Waals surface area (Å²) < 4.78 is 29.1. The molecule has 2 rings (SSSR count). The molecule has 0 radical (unpaired) electrons. The van der Waals surface area contributed by atoms with E-state index in [2.05, 4.69) is 19.2 Å². The van der Waals surface area contributed by atoms with Gasteiger partial charge in [0, 0.05) is 6.26 Å². The third kappa shape index (κ3) is 3.03. The van der Waals surface area contributed by atoms with Gasteiger partial charge in [-0.15, -0.1) is 0 Å². The molecule has 0 fully saturated rings. The molecule has 106 valence electrons. The number of hydrogen-bond donors (Lipinski definition) is 1. The van der Waals surface area contributed by atoms with Crippen LogP contribution in [0.25, 0.3) is 0 Å². The Morgan fingerprint density at radius 3 is 2.63 bits per heavy atom. The van der Waals surface area contributed by atoms with Crippen LogP contribution in [0.3, 0.4) is 0 Å². The Morgan fingerprint density at radius 1 is 1.32 bits per heavy atom. The second kappa shape index (κ2) is 5.41. The van der Waals surface area contributed by atoms with Crippen LogP contribution in [0.15, 0.2) is 23.1 Å². The third-order valence-electron chi connectivity index (χ3n) is 3.46. The van der Waals surface area contributed by atoms with Gasteiger partial charge in [0.15, 0.2) is 9.84 Å². The zero-order valence-electron chi connectivity index (χ0n) is 11.6. The molecule has 0 saturated heterocycles. The minimum Gasteiger partial charge on any atom is -0.486 e. The first-order valence-corrected chi connectivity index (χ1v) is 8.62. The van der Waals surface area contributed by atoms with Crippen LogP contribution in [-0.4, -0.2) is 26.8 Å². The van der Waals surface area contributed by atoms with Gasteiger partial charge in [0.1, 0.15) is 11.9 Å². The summed E-state index contributed by atoms with van der Waals surface area (Å²) in [5.74, 6) is 0.746. The number of nitrogens with one attached hydrogen (secondary N) is 1. The van der Waals surface area contributed by atoms with Crippen LogP contribution in [-0.2, 0) is 9.84 Å². The molecule has 0 aromatic heterocycles. The fraction of sp³-hybridized carbons (Fsp3) is 0.571. The largest absolute Gasteiger partial charge is 0.486 e. The van der Waals surface area contributed by atoms with Crippen molar-refractivity contribution in [3.63, 3.8) is 0 Å². The van der Waals surface area contributed by atoms with Crippen molar-refractivity contribution in [1.29, 1.82) is 0 Å². The van der Waals surface area contributed by atoms with Gasteiger partial charge in [-0.1, -0.05) is 20.3 Å². The topological polar surface area (TPSA) is 55.4 Å². The lowest BCUT2D eigenvalue weighted by molar-refractivity contribution is 0.155. The number of ether oxygens (including phenoxy) is 1. The Balaban J connectivity index is 2.33. The predicted molar refractivity (Wildman–Crippen MR) is 76.6 cm³/mol. The summed E-state index contributed by atoms with van der Waals surface area (Å²) in [4.78, 5) is 0.325. The molecule has 0 amide bonds. The molecular formula is C14H21NO3S. The highest BCUT2D eigenvalue weighted by molar-refractivity contribution is 7.90. The molecule has 1 N–H and O–H groups in total. The summed E-state index contributed by atoms with van der Waals surface area (Å²) in [6.07, 6.45) is 4.40. The molecule has 4 nitrogen and oxygen atoms in total. The molecule has 0 spiro atoms. The average molecular weight is 283 g/mol. The van der Waals surface area contributed by atoms with Gasteiger partial charge in [-0.25, -0.2) is 8.42 Å². The summed E-state index contributed by atoms with van der Waals surface area (Å²) in [7, 11) is -3.18. The summed E-state index contributed by atoms with van der Waals surface area (Å²) in [6, 6.07) is 5.25. The monoisotopic (exact) mass is 283 g/mol. The van der Waals surface area contributed by atoms with Crippen molar-refractivity contribution in [3.8, 4) is 5.75 Å². The van der Waals surface area contributed by atoms with Gasteiger partial charge in [0.05, 0.1) is 16.6 Å². The molecular weight excluding hydrogens is 262 g/mol. The van der Waals surface area contributed by atoms with E-state index in [1.807, 2.05) is 0 Å². The lowest BCUT2D eigenvalue weighted by Gasteiger charge is -2.34. The Morgan fingerprint density at radius 2 is 2.05 bits per heavy atom. The molecule has 2 unspecified atom stereocenters. The lowest BCUT2D eigenvalue weighted by Crippen LogP contribution is -2.40. The average Bonchev–Trinajstić information content (AvgIpc) is 2.36. The van der Waals surface area contributed by atoms with Crippen LogP contribution in [0.5, 0.6) is 5.75 Å². The van der Waals surface area contributed by atoms with E-state index in [1.165, 1.54) is 6.26 Å². The van der Waals surface area contributed by atoms with Gasteiger partial charge < -0.3 is 10.1 Å². The van der Waals surface area contributed by atoms with Gasteiger partial charge in [-0.3, -0.25) is 0 Å². The summed E-state index contributed by atoms with van der Waals surface area (Å²) in [5, 5.41) is 3.40. The van der Waals surface area contributed by atoms with E-state index in [4.69, 9.17) is 4.74 Å². The number of sulfone groups is 1. The lowest BCUT2D eigenvalue weighted by atomic mass is 10.0. The van der Waals surface area contributed by atoms with Crippen LogP contribution < -0.4 is 10.1 Å². The first-order valence-electron chi connectivity index (χ1n) is 6.73. The summed E-state index contributed by atoms with van der Waals surface area (Å²) >= 11 is 0. The smallest absolute Gasteiger partial charge is 0.175 e. The third-order valence-corrected chi connectivity index (χ3v) is 4.57. The van der Waals surface area contributed by atoms with Crippen LogP contribution in [0.1, 0.15) is 33.1 Å². The highest BCUT2D eigenvalue weighted by Gasteiger charge is 2.28. The molecule has 0 bridgehead atoms. The van der Waals surface area contributed by atoms with Crippen molar-refractivity contribution in [2.75, 3.05) is 11.6 Å². The van der Waals surface area contributed by atoms with Crippen LogP contribution in [0.2, 0.25) is 0 Å². The van der Waals surface area contributed by atoms with Crippen LogP contribution >= 0.6 is 0 Å². The molecule has 1 heterocycles. The zero-order chi connectivity index (χ0) is 14.0. The van der Waals surface area contributed by atoms with E-state index in [0.29, 0.717) is 4.90 Å². The quantitative estimate of drug-likeness (QED) is 0.923. The van der Waals surface area contributed by atoms with E-state index in [0.717, 1.165) is 30.7 Å². The number of fused-ring (bicyclic) bond motifs is 1. The first kappa shape index (κ1) is 14.2. The molecule has 0 saturated carbocycles. The van der Waals surface area contributed by atoms with E-state index in [9.17, 15) is 8.42 Å². The highest BCUT2D eigenvalue weighted by atomic mass is 32.2. The number of benzene rings is 1. The van der Waals surface area contributed by atoms with Crippen molar-refractivity contribution >= 4 is 15.5 Å². The maximum Gasteiger partial charge on any atom is 0.175 e. The maximum absolute atomic E-state index is 11.6. The van der Waals surface area contributed by atoms with Crippen molar-refractivity contribution in [2.24, 2.45) is 0 Å². The number of hydrogen-bond acceptors (Lipinski definition) is 4. The molecule has 1 aromatic rings. The normalized spacial score (nSPS) is 22.3. The fourth-order valence-electron chi connectivity index (χ4n) is 2.40. The molecule has 1 aromatic carbocycles. The van der Waals surface area contributed by atoms with Crippen molar-refractivity contribution in [1.82, 2.24) is 0 Å². The van der Waals surface area contributed by atoms with Crippen molar-refractivity contribution in [3.05, 3.63) is 18.2 Å². The Bertz CT molecular complexity index is 554. The predicted octanol–water partition coefficient (Wildman–Crippen LogP) is 2.84. The standard InChI is InChI=1S/C14H21NO3S/c1-4-6-13-11(5-2)15-12-9-10(19(3,16)17)7-8-14(12)18-13/h7-9,11,13,15H,4-6H2,1-3H3. The van der Waals surface area contributed by atoms with E-state index < -0.39 is 9.84 Å². The minimum atomic E-state index is -3.18. The van der Waals surface area contributed by atoms with E-state index >= 15 is 0 Å². The number of rotatable bonds is 4. The Kier molecular flexibility index (Phi) is 4.04. The molecule has 1 aliphatic heterocycles. The number of anilines is 1. The Hall–Kier alpha value is -1.23. The van der Waals surface area contributed by atoms with Crippen LogP contribution in [0.4, 0.5) is 5.69 Å². The maximum atomic E-state index is 11.6. The first-order chi connectivity index (χ1) is 8.95. The molecule has 5 heteroatoms. The van der Waals surface area contributed by atoms with Crippen molar-refractivity contribution < 1.29 is 13.2 Å². The second-order valence-electron chi connectivity index (χ2n) is 5.03. The molecule has 2 atom stereocenters. The Labute approximate surface area is 115 Å². The van der Waals surface area contributed by atoms with Crippen LogP contribution in [0, 0.1) is 0 Å². The molecule has 1 aliphatic rings. The van der Waals surface area contributed by atoms with E-state index in [-0.39, 0.29) is 12.1 Å². The minimum absolute atomic E-state index is 0.159. The SMILES string of the molecule is CCCC1Oc2ccc(S(C)(=O)=O)cc2NC1CC. The molecule has 19 heavy (non-hydrogen) atoms. The zero-order valence-corrected chi connectivity index (χ0v) is 12.5. The van der Waals surface area contributed by atoms with Crippen molar-refractivity contribution in [2.45, 2.75) is 50.2 Å². The van der Waals surface area contributed by atoms with Gasteiger partial charge in [-0.2, -0.15) is 0 Å². The second-order valence-corrected chi connectivity index (χ2v) is 7.05. The van der Waals surface area contributed by atoms with Gasteiger partial charge in [0.2, 0.25) is 0 Å². The van der Waals surface area contributed by atoms with E-state index in [1.54, 1.807) is 18.2 Å². The summed E-state index contributed by atoms with van der Waals surface area (Å²) in [5.41, 5.74) is 0.780. The highest BCUT2D eigenvalue weighted by Crippen LogP contribution is 2.35. The van der Waals surface area contributed by atoms with Gasteiger partial charge in [-0.05, 0) is 31.0 Å². The fourth-order valence-corrected chi connectivity index (χ4v) is 3.05.